The molecular weight excluding hydrogens is 512 g/mol. The second-order valence-corrected chi connectivity index (χ2v) is 10.8. The third-order valence-corrected chi connectivity index (χ3v) is 7.07. The van der Waals surface area contributed by atoms with E-state index in [0.29, 0.717) is 48.9 Å². The molecule has 0 bridgehead atoms. The molecule has 2 aromatic carbocycles. The molecule has 0 aromatic heterocycles. The van der Waals surface area contributed by atoms with Crippen molar-refractivity contribution >= 4 is 12.4 Å². The molecule has 0 aliphatic carbocycles. The van der Waals surface area contributed by atoms with Crippen LogP contribution in [0.2, 0.25) is 0 Å². The Morgan fingerprint density at radius 1 is 0.537 bits per heavy atom. The summed E-state index contributed by atoms with van der Waals surface area (Å²) < 4.78 is 11.6. The van der Waals surface area contributed by atoms with Crippen LogP contribution < -0.4 is 9.47 Å². The Kier molecular flexibility index (Phi) is 18.9. The van der Waals surface area contributed by atoms with Gasteiger partial charge in [-0.3, -0.25) is 9.98 Å². The van der Waals surface area contributed by atoms with E-state index < -0.39 is 0 Å². The fourth-order valence-corrected chi connectivity index (χ4v) is 4.52. The number of unbranched alkanes of at least 4 members (excludes halogenated alkanes) is 12. The quantitative estimate of drug-likeness (QED) is 0.0979. The first-order chi connectivity index (χ1) is 20.1. The number of benzene rings is 2. The fourth-order valence-electron chi connectivity index (χ4n) is 4.52. The van der Waals surface area contributed by atoms with Gasteiger partial charge in [-0.05, 0) is 43.5 Å². The molecule has 6 heteroatoms. The van der Waals surface area contributed by atoms with E-state index in [4.69, 9.17) is 9.47 Å². The van der Waals surface area contributed by atoms with Gasteiger partial charge in [0.25, 0.3) is 0 Å². The lowest BCUT2D eigenvalue weighted by Gasteiger charge is -2.08. The first-order valence-electron chi connectivity index (χ1n) is 16.0. The molecule has 0 heterocycles. The molecule has 0 amide bonds. The predicted molar refractivity (Wildman–Crippen MR) is 173 cm³/mol. The summed E-state index contributed by atoms with van der Waals surface area (Å²) in [5.41, 5.74) is 1.35. The molecule has 2 aromatic rings. The Balaban J connectivity index is 1.59. The van der Waals surface area contributed by atoms with Gasteiger partial charge in [-0.15, -0.1) is 0 Å². The van der Waals surface area contributed by atoms with Crippen LogP contribution in [-0.4, -0.2) is 48.9 Å². The van der Waals surface area contributed by atoms with Crippen molar-refractivity contribution in [2.45, 2.75) is 110 Å². The van der Waals surface area contributed by atoms with Crippen LogP contribution in [0.4, 0.5) is 0 Å². The minimum atomic E-state index is 0.175. The molecule has 41 heavy (non-hydrogen) atoms. The van der Waals surface area contributed by atoms with Gasteiger partial charge in [-0.2, -0.15) is 0 Å². The van der Waals surface area contributed by atoms with Crippen LogP contribution in [0.25, 0.3) is 0 Å². The van der Waals surface area contributed by atoms with Gasteiger partial charge >= 0.3 is 0 Å². The minimum absolute atomic E-state index is 0.175. The van der Waals surface area contributed by atoms with Crippen LogP contribution in [0.5, 0.6) is 23.0 Å². The molecule has 2 rings (SSSR count). The van der Waals surface area contributed by atoms with Gasteiger partial charge in [0.2, 0.25) is 0 Å². The molecule has 0 unspecified atom stereocenters. The maximum absolute atomic E-state index is 10.3. The lowest BCUT2D eigenvalue weighted by Crippen LogP contribution is -1.98. The second kappa shape index (κ2) is 22.6. The van der Waals surface area contributed by atoms with E-state index in [1.165, 1.54) is 77.0 Å². The zero-order chi connectivity index (χ0) is 29.4. The molecule has 0 fully saturated rings. The molecule has 0 spiro atoms. The molecule has 0 radical (unpaired) electrons. The summed E-state index contributed by atoms with van der Waals surface area (Å²) in [6.45, 7) is 7.03. The van der Waals surface area contributed by atoms with Gasteiger partial charge < -0.3 is 19.7 Å². The van der Waals surface area contributed by atoms with Crippen molar-refractivity contribution in [1.29, 1.82) is 0 Å². The number of rotatable bonds is 24. The van der Waals surface area contributed by atoms with Crippen molar-refractivity contribution in [3.05, 3.63) is 47.5 Å². The number of nitrogens with zero attached hydrogens (tertiary/aromatic N) is 2. The first-order valence-corrected chi connectivity index (χ1v) is 16.0. The monoisotopic (exact) mass is 566 g/mol. The van der Waals surface area contributed by atoms with E-state index >= 15 is 0 Å². The Hall–Kier alpha value is -3.02. The summed E-state index contributed by atoms with van der Waals surface area (Å²) in [6.07, 6.45) is 21.6. The molecule has 0 aliphatic rings. The highest BCUT2D eigenvalue weighted by molar-refractivity contribution is 5.84. The van der Waals surface area contributed by atoms with E-state index in [2.05, 4.69) is 23.8 Å². The Bertz CT molecular complexity index is 926. The van der Waals surface area contributed by atoms with Gasteiger partial charge in [0, 0.05) is 48.8 Å². The zero-order valence-electron chi connectivity index (χ0n) is 25.7. The van der Waals surface area contributed by atoms with Crippen LogP contribution in [0.15, 0.2) is 46.4 Å². The average Bonchev–Trinajstić information content (AvgIpc) is 2.97. The Morgan fingerprint density at radius 2 is 0.927 bits per heavy atom. The highest BCUT2D eigenvalue weighted by Crippen LogP contribution is 2.24. The average molecular weight is 567 g/mol. The van der Waals surface area contributed by atoms with Crippen LogP contribution >= 0.6 is 0 Å². The standard InChI is InChI=1S/C35H54N2O4/c1-3-5-7-9-11-13-15-24-40-32-20-18-30(34(38)26-32)28-36-22-17-23-37-29-31-19-21-33(27-35(31)39)41-25-16-14-12-10-8-6-4-2/h18-21,26-29,38-39H,3-17,22-25H2,1-2H3. The molecule has 0 saturated carbocycles. The summed E-state index contributed by atoms with van der Waals surface area (Å²) in [5.74, 6) is 1.73. The lowest BCUT2D eigenvalue weighted by atomic mass is 10.1. The van der Waals surface area contributed by atoms with Crippen LogP contribution in [0.1, 0.15) is 121 Å². The van der Waals surface area contributed by atoms with E-state index in [0.717, 1.165) is 19.3 Å². The molecule has 0 saturated heterocycles. The molecule has 0 atom stereocenters. The normalized spacial score (nSPS) is 11.6. The summed E-state index contributed by atoms with van der Waals surface area (Å²) in [7, 11) is 0. The summed E-state index contributed by atoms with van der Waals surface area (Å²) >= 11 is 0. The number of ether oxygens (including phenoxy) is 2. The van der Waals surface area contributed by atoms with Crippen molar-refractivity contribution in [2.24, 2.45) is 9.98 Å². The maximum Gasteiger partial charge on any atom is 0.128 e. The van der Waals surface area contributed by atoms with E-state index in [1.807, 2.05) is 24.3 Å². The topological polar surface area (TPSA) is 83.6 Å². The molecule has 6 nitrogen and oxygen atoms in total. The minimum Gasteiger partial charge on any atom is -0.507 e. The fraction of sp³-hybridized carbons (Fsp3) is 0.600. The molecular formula is C35H54N2O4. The van der Waals surface area contributed by atoms with Gasteiger partial charge in [-0.25, -0.2) is 0 Å². The van der Waals surface area contributed by atoms with E-state index in [9.17, 15) is 10.2 Å². The Morgan fingerprint density at radius 3 is 1.32 bits per heavy atom. The largest absolute Gasteiger partial charge is 0.507 e. The summed E-state index contributed by atoms with van der Waals surface area (Å²) in [6, 6.07) is 10.7. The lowest BCUT2D eigenvalue weighted by molar-refractivity contribution is 0.302. The molecule has 228 valence electrons. The third-order valence-electron chi connectivity index (χ3n) is 7.07. The van der Waals surface area contributed by atoms with Gasteiger partial charge in [0.15, 0.2) is 0 Å². The Labute approximate surface area is 248 Å². The zero-order valence-corrected chi connectivity index (χ0v) is 25.7. The maximum atomic E-state index is 10.3. The number of hydrogen-bond donors (Lipinski definition) is 2. The highest BCUT2D eigenvalue weighted by atomic mass is 16.5. The highest BCUT2D eigenvalue weighted by Gasteiger charge is 2.03. The predicted octanol–water partition coefficient (Wildman–Crippen LogP) is 9.28. The number of aromatic hydroxyl groups is 2. The van der Waals surface area contributed by atoms with Crippen molar-refractivity contribution in [1.82, 2.24) is 0 Å². The van der Waals surface area contributed by atoms with Crippen LogP contribution in [0.3, 0.4) is 0 Å². The van der Waals surface area contributed by atoms with Crippen molar-refractivity contribution in [3.63, 3.8) is 0 Å². The molecule has 2 N–H and O–H groups in total. The molecule has 0 aliphatic heterocycles. The number of hydrogen-bond acceptors (Lipinski definition) is 6. The van der Waals surface area contributed by atoms with E-state index in [1.54, 1.807) is 24.6 Å². The van der Waals surface area contributed by atoms with Crippen LogP contribution in [0, 0.1) is 0 Å². The summed E-state index contributed by atoms with van der Waals surface area (Å²) in [4.78, 5) is 8.83. The van der Waals surface area contributed by atoms with Crippen LogP contribution in [-0.2, 0) is 0 Å². The smallest absolute Gasteiger partial charge is 0.128 e. The second-order valence-electron chi connectivity index (χ2n) is 10.8. The third kappa shape index (κ3) is 16.1. The van der Waals surface area contributed by atoms with Crippen molar-refractivity contribution in [2.75, 3.05) is 26.3 Å². The van der Waals surface area contributed by atoms with Gasteiger partial charge in [0.05, 0.1) is 13.2 Å². The van der Waals surface area contributed by atoms with E-state index in [-0.39, 0.29) is 11.5 Å². The number of aliphatic imine (C=N–C) groups is 2. The van der Waals surface area contributed by atoms with Crippen molar-refractivity contribution < 1.29 is 19.7 Å². The van der Waals surface area contributed by atoms with Crippen molar-refractivity contribution in [3.8, 4) is 23.0 Å². The summed E-state index contributed by atoms with van der Waals surface area (Å²) in [5, 5.41) is 20.6. The van der Waals surface area contributed by atoms with Gasteiger partial charge in [0.1, 0.15) is 23.0 Å². The number of phenolic OH excluding ortho intramolecular Hbond substituents is 2. The SMILES string of the molecule is CCCCCCCCCOc1ccc(C=NCCCN=Cc2ccc(OCCCCCCCCC)cc2O)c(O)c1. The first kappa shape index (κ1) is 34.2. The number of phenols is 2. The van der Waals surface area contributed by atoms with Gasteiger partial charge in [-0.1, -0.05) is 90.9 Å².